The van der Waals surface area contributed by atoms with Crippen molar-refractivity contribution in [3.8, 4) is 0 Å². The molecular formula is C27H27N5NaO9P. The number of carbonyl (C=O) groups is 3. The SMILES string of the molecule is Cn1cc(C2=C(c3cn(C)c4cc([N+](=O)[O-])ccc34)C(=O)N(C(=O)NCCCCOP(=O)(O)O)C2=O)c2ccccc21.[H-].[Na+]. The molecule has 0 unspecified atom stereocenters. The molecule has 4 amide bonds. The van der Waals surface area contributed by atoms with Gasteiger partial charge in [0, 0.05) is 72.6 Å². The number of benzene rings is 2. The van der Waals surface area contributed by atoms with Crippen molar-refractivity contribution in [2.45, 2.75) is 12.8 Å². The molecule has 0 radical (unpaired) electrons. The van der Waals surface area contributed by atoms with E-state index in [2.05, 4.69) is 9.84 Å². The van der Waals surface area contributed by atoms with Crippen molar-refractivity contribution in [2.75, 3.05) is 13.2 Å². The first-order chi connectivity index (χ1) is 19.9. The Morgan fingerprint density at radius 1 is 0.977 bits per heavy atom. The molecule has 5 rings (SSSR count). The molecular weight excluding hydrogens is 592 g/mol. The normalized spacial score (nSPS) is 13.7. The number of urea groups is 1. The second-order valence-electron chi connectivity index (χ2n) is 9.74. The predicted molar refractivity (Wildman–Crippen MR) is 153 cm³/mol. The van der Waals surface area contributed by atoms with E-state index < -0.39 is 30.6 Å². The third kappa shape index (κ3) is 6.22. The minimum absolute atomic E-state index is 0. The Morgan fingerprint density at radius 3 is 2.16 bits per heavy atom. The zero-order chi connectivity index (χ0) is 30.3. The minimum Gasteiger partial charge on any atom is -1.00 e. The molecule has 0 spiro atoms. The van der Waals surface area contributed by atoms with Gasteiger partial charge in [-0.05, 0) is 25.0 Å². The summed E-state index contributed by atoms with van der Waals surface area (Å²) >= 11 is 0. The molecule has 1 aliphatic heterocycles. The van der Waals surface area contributed by atoms with Crippen LogP contribution in [0, 0.1) is 10.1 Å². The number of carbonyl (C=O) groups excluding carboxylic acids is 3. The van der Waals surface area contributed by atoms with Crippen LogP contribution in [-0.2, 0) is 32.8 Å². The fraction of sp³-hybridized carbons (Fsp3) is 0.222. The Hall–Kier alpha value is -3.62. The van der Waals surface area contributed by atoms with E-state index in [1.807, 2.05) is 22.8 Å². The summed E-state index contributed by atoms with van der Waals surface area (Å²) in [6.45, 7) is -0.227. The van der Waals surface area contributed by atoms with Crippen molar-refractivity contribution >= 4 is 64.3 Å². The van der Waals surface area contributed by atoms with Gasteiger partial charge in [-0.25, -0.2) is 9.36 Å². The molecule has 0 saturated carbocycles. The number of rotatable bonds is 9. The number of hydrogen-bond donors (Lipinski definition) is 3. The van der Waals surface area contributed by atoms with E-state index >= 15 is 0 Å². The van der Waals surface area contributed by atoms with Crippen LogP contribution >= 0.6 is 7.82 Å². The molecule has 3 heterocycles. The van der Waals surface area contributed by atoms with Crippen molar-refractivity contribution in [3.05, 3.63) is 76.1 Å². The van der Waals surface area contributed by atoms with Gasteiger partial charge in [0.05, 0.1) is 28.2 Å². The molecule has 0 bridgehead atoms. The van der Waals surface area contributed by atoms with Crippen molar-refractivity contribution in [3.63, 3.8) is 0 Å². The smallest absolute Gasteiger partial charge is 1.00 e. The first-order valence-corrected chi connectivity index (χ1v) is 14.3. The van der Waals surface area contributed by atoms with Crippen LogP contribution in [0.4, 0.5) is 10.5 Å². The first kappa shape index (κ1) is 32.3. The van der Waals surface area contributed by atoms with Crippen LogP contribution in [0.15, 0.2) is 54.9 Å². The van der Waals surface area contributed by atoms with Gasteiger partial charge in [-0.1, -0.05) is 18.2 Å². The van der Waals surface area contributed by atoms with Crippen LogP contribution < -0.4 is 34.9 Å². The van der Waals surface area contributed by atoms with E-state index in [0.29, 0.717) is 32.3 Å². The fourth-order valence-electron chi connectivity index (χ4n) is 5.12. The fourth-order valence-corrected chi connectivity index (χ4v) is 5.49. The number of unbranched alkanes of at least 4 members (excludes halogenated alkanes) is 1. The monoisotopic (exact) mass is 619 g/mol. The number of phosphoric acid groups is 1. The van der Waals surface area contributed by atoms with Crippen LogP contribution in [0.1, 0.15) is 25.4 Å². The van der Waals surface area contributed by atoms with Crippen molar-refractivity contribution < 1.29 is 69.2 Å². The molecule has 16 heteroatoms. The molecule has 1 aliphatic rings. The van der Waals surface area contributed by atoms with Gasteiger partial charge in [0.2, 0.25) is 0 Å². The van der Waals surface area contributed by atoms with Gasteiger partial charge in [-0.2, -0.15) is 4.90 Å². The Labute approximate surface area is 268 Å². The maximum Gasteiger partial charge on any atom is 1.00 e. The van der Waals surface area contributed by atoms with Gasteiger partial charge in [0.25, 0.3) is 17.5 Å². The number of phosphoric ester groups is 1. The van der Waals surface area contributed by atoms with E-state index in [-0.39, 0.29) is 73.8 Å². The van der Waals surface area contributed by atoms with Crippen LogP contribution in [0.2, 0.25) is 0 Å². The van der Waals surface area contributed by atoms with Crippen LogP contribution in [0.5, 0.6) is 0 Å². The number of hydrogen-bond acceptors (Lipinski definition) is 7. The molecule has 2 aromatic heterocycles. The topological polar surface area (TPSA) is 186 Å². The number of nitro groups is 1. The average Bonchev–Trinajstić information content (AvgIpc) is 3.53. The Kier molecular flexibility index (Phi) is 9.42. The van der Waals surface area contributed by atoms with Gasteiger partial charge in [-0.3, -0.25) is 24.2 Å². The number of amides is 4. The molecule has 14 nitrogen and oxygen atoms in total. The molecule has 43 heavy (non-hydrogen) atoms. The zero-order valence-corrected chi connectivity index (χ0v) is 26.4. The van der Waals surface area contributed by atoms with E-state index in [9.17, 15) is 29.1 Å². The summed E-state index contributed by atoms with van der Waals surface area (Å²) in [6, 6.07) is 10.5. The maximum atomic E-state index is 13.9. The van der Waals surface area contributed by atoms with Gasteiger partial charge in [0.15, 0.2) is 0 Å². The van der Waals surface area contributed by atoms with Gasteiger partial charge in [-0.15, -0.1) is 0 Å². The zero-order valence-electron chi connectivity index (χ0n) is 24.5. The van der Waals surface area contributed by atoms with E-state index in [0.717, 1.165) is 5.52 Å². The third-order valence-electron chi connectivity index (χ3n) is 7.01. The van der Waals surface area contributed by atoms with Crippen LogP contribution in [-0.4, -0.2) is 59.7 Å². The van der Waals surface area contributed by atoms with Crippen LogP contribution in [0.3, 0.4) is 0 Å². The molecule has 0 aliphatic carbocycles. The molecule has 0 fully saturated rings. The summed E-state index contributed by atoms with van der Waals surface area (Å²) in [5.41, 5.74) is 1.92. The third-order valence-corrected chi connectivity index (χ3v) is 7.53. The Morgan fingerprint density at radius 2 is 1.56 bits per heavy atom. The van der Waals surface area contributed by atoms with Crippen molar-refractivity contribution in [2.24, 2.45) is 14.1 Å². The number of imide groups is 3. The summed E-state index contributed by atoms with van der Waals surface area (Å²) < 4.78 is 18.6. The number of nitro benzene ring substituents is 1. The van der Waals surface area contributed by atoms with Crippen molar-refractivity contribution in [1.82, 2.24) is 19.4 Å². The number of aromatic nitrogens is 2. The number of nitrogens with zero attached hydrogens (tertiary/aromatic N) is 4. The summed E-state index contributed by atoms with van der Waals surface area (Å²) in [4.78, 5) is 69.9. The Balaban J connectivity index is 0.00000264. The number of para-hydroxylation sites is 1. The van der Waals surface area contributed by atoms with Crippen LogP contribution in [0.25, 0.3) is 33.0 Å². The standard InChI is InChI=1S/C27H26N5O9P.Na.H/c1-29-14-19(17-7-3-4-8-21(17)29)23-24(20-15-30(2)22-13-16(32(36)37)9-10-18(20)22)26(34)31(25(23)33)27(35)28-11-5-6-12-41-42(38,39)40;;/h3-4,7-10,13-15H,5-6,11-12H2,1-2H3,(H,28,35)(H2,38,39,40);;/q;+1;-1. The quantitative estimate of drug-likeness (QED) is 0.0602. The summed E-state index contributed by atoms with van der Waals surface area (Å²) in [5, 5.41) is 15.1. The van der Waals surface area contributed by atoms with E-state index in [1.165, 1.54) is 18.2 Å². The minimum atomic E-state index is -4.61. The number of fused-ring (bicyclic) bond motifs is 2. The number of aryl methyl sites for hydroxylation is 2. The molecule has 220 valence electrons. The molecule has 0 atom stereocenters. The van der Waals surface area contributed by atoms with E-state index in [4.69, 9.17) is 9.79 Å². The van der Waals surface area contributed by atoms with Gasteiger partial charge in [0.1, 0.15) is 0 Å². The second-order valence-corrected chi connectivity index (χ2v) is 11.0. The molecule has 0 saturated heterocycles. The van der Waals surface area contributed by atoms with E-state index in [1.54, 1.807) is 37.1 Å². The summed E-state index contributed by atoms with van der Waals surface area (Å²) in [5.74, 6) is -1.68. The maximum absolute atomic E-state index is 13.9. The number of non-ortho nitro benzene ring substituents is 1. The predicted octanol–water partition coefficient (Wildman–Crippen LogP) is 0.573. The molecule has 2 aromatic carbocycles. The van der Waals surface area contributed by atoms with Gasteiger partial charge < -0.3 is 25.7 Å². The second kappa shape index (κ2) is 12.5. The first-order valence-electron chi connectivity index (χ1n) is 12.8. The largest absolute Gasteiger partial charge is 1.00 e. The summed E-state index contributed by atoms with van der Waals surface area (Å²) in [6.07, 6.45) is 3.78. The number of nitrogens with one attached hydrogen (secondary N) is 1. The van der Waals surface area contributed by atoms with Gasteiger partial charge >= 0.3 is 43.4 Å². The average molecular weight is 620 g/mol. The summed E-state index contributed by atoms with van der Waals surface area (Å²) in [7, 11) is -1.15. The Bertz CT molecular complexity index is 1880. The molecule has 3 N–H and O–H groups in total. The van der Waals surface area contributed by atoms with Crippen molar-refractivity contribution in [1.29, 1.82) is 0 Å². The molecule has 4 aromatic rings.